The summed E-state index contributed by atoms with van der Waals surface area (Å²) in [7, 11) is 0. The van der Waals surface area contributed by atoms with Crippen molar-refractivity contribution in [3.8, 4) is 5.75 Å². The van der Waals surface area contributed by atoms with Crippen LogP contribution in [0.15, 0.2) is 24.3 Å². The lowest BCUT2D eigenvalue weighted by Crippen LogP contribution is -2.18. The topological polar surface area (TPSA) is 63.6 Å². The highest BCUT2D eigenvalue weighted by molar-refractivity contribution is 5.85. The van der Waals surface area contributed by atoms with Crippen molar-refractivity contribution in [1.82, 2.24) is 0 Å². The summed E-state index contributed by atoms with van der Waals surface area (Å²) >= 11 is 0. The van der Waals surface area contributed by atoms with Crippen LogP contribution in [0, 0.1) is 0 Å². The molecule has 1 N–H and O–H groups in total. The lowest BCUT2D eigenvalue weighted by atomic mass is 9.78. The number of carbonyl (C=O) groups is 2. The van der Waals surface area contributed by atoms with Crippen molar-refractivity contribution in [2.45, 2.75) is 162 Å². The fourth-order valence-corrected chi connectivity index (χ4v) is 4.80. The summed E-state index contributed by atoms with van der Waals surface area (Å²) in [5.74, 6) is -0.569. The maximum absolute atomic E-state index is 12.3. The van der Waals surface area contributed by atoms with Gasteiger partial charge in [-0.1, -0.05) is 124 Å². The Hall–Kier alpha value is -2.10. The van der Waals surface area contributed by atoms with Crippen LogP contribution in [0.2, 0.25) is 0 Å². The van der Waals surface area contributed by atoms with E-state index >= 15 is 0 Å². The minimum atomic E-state index is -0.476. The average molecular weight is 543 g/mol. The molecule has 1 aromatic rings. The Balaban J connectivity index is 2.25. The van der Waals surface area contributed by atoms with Gasteiger partial charge in [0.05, 0.1) is 6.42 Å². The van der Waals surface area contributed by atoms with E-state index < -0.39 is 11.9 Å². The number of phenols is 1. The number of rotatable bonds is 18. The molecule has 222 valence electrons. The normalized spacial score (nSPS) is 12.3. The first-order valence-electron chi connectivity index (χ1n) is 15.6. The molecule has 0 aromatic heterocycles. The maximum Gasteiger partial charge on any atom is 0.313 e. The molecule has 0 atom stereocenters. The summed E-state index contributed by atoms with van der Waals surface area (Å²) in [5.41, 5.74) is 2.28. The third-order valence-electron chi connectivity index (χ3n) is 7.27. The molecule has 0 aliphatic rings. The van der Waals surface area contributed by atoms with E-state index in [2.05, 4.69) is 60.6 Å². The van der Waals surface area contributed by atoms with Gasteiger partial charge in [-0.15, -0.1) is 0 Å². The van der Waals surface area contributed by atoms with Crippen LogP contribution < -0.4 is 0 Å². The van der Waals surface area contributed by atoms with Crippen LogP contribution in [0.1, 0.15) is 161 Å². The first-order valence-corrected chi connectivity index (χ1v) is 15.6. The number of aryl methyl sites for hydroxylation is 1. The quantitative estimate of drug-likeness (QED) is 0.0867. The van der Waals surface area contributed by atoms with Crippen LogP contribution in [0.5, 0.6) is 5.75 Å². The van der Waals surface area contributed by atoms with E-state index in [-0.39, 0.29) is 17.3 Å². The molecule has 0 bridgehead atoms. The highest BCUT2D eigenvalue weighted by Crippen LogP contribution is 2.40. The second-order valence-corrected chi connectivity index (χ2v) is 13.2. The molecule has 0 fully saturated rings. The van der Waals surface area contributed by atoms with Crippen molar-refractivity contribution >= 4 is 11.9 Å². The molecular formula is C35H58O4. The molecule has 0 saturated carbocycles. The molecule has 0 spiro atoms. The van der Waals surface area contributed by atoms with Crippen LogP contribution in [0.25, 0.3) is 0 Å². The van der Waals surface area contributed by atoms with Crippen molar-refractivity contribution in [2.24, 2.45) is 0 Å². The number of allylic oxidation sites excluding steroid dienone is 2. The van der Waals surface area contributed by atoms with Gasteiger partial charge in [0, 0.05) is 6.42 Å². The van der Waals surface area contributed by atoms with E-state index in [0.717, 1.165) is 42.4 Å². The predicted molar refractivity (Wildman–Crippen MR) is 164 cm³/mol. The minimum Gasteiger partial charge on any atom is -0.507 e. The fourth-order valence-electron chi connectivity index (χ4n) is 4.80. The number of benzene rings is 1. The van der Waals surface area contributed by atoms with Gasteiger partial charge in [-0.25, -0.2) is 0 Å². The van der Waals surface area contributed by atoms with Gasteiger partial charge in [0.15, 0.2) is 0 Å². The number of hydrogen-bond acceptors (Lipinski definition) is 4. The Morgan fingerprint density at radius 3 is 1.62 bits per heavy atom. The second-order valence-electron chi connectivity index (χ2n) is 13.2. The molecule has 4 nitrogen and oxygen atoms in total. The molecule has 1 rings (SSSR count). The van der Waals surface area contributed by atoms with E-state index in [1.807, 2.05) is 12.1 Å². The van der Waals surface area contributed by atoms with Gasteiger partial charge < -0.3 is 9.84 Å². The van der Waals surface area contributed by atoms with E-state index in [1.54, 1.807) is 0 Å². The number of aromatic hydroxyl groups is 1. The first kappa shape index (κ1) is 34.9. The second kappa shape index (κ2) is 18.3. The van der Waals surface area contributed by atoms with Crippen molar-refractivity contribution in [3.63, 3.8) is 0 Å². The Kier molecular flexibility index (Phi) is 16.4. The van der Waals surface area contributed by atoms with Gasteiger partial charge in [0.2, 0.25) is 0 Å². The Morgan fingerprint density at radius 1 is 0.692 bits per heavy atom. The number of ether oxygens (including phenoxy) is 1. The van der Waals surface area contributed by atoms with E-state index in [9.17, 15) is 14.7 Å². The predicted octanol–water partition coefficient (Wildman–Crippen LogP) is 10.0. The highest BCUT2D eigenvalue weighted by atomic mass is 16.6. The lowest BCUT2D eigenvalue weighted by molar-refractivity contribution is -0.159. The molecule has 0 heterocycles. The van der Waals surface area contributed by atoms with E-state index in [1.165, 1.54) is 57.8 Å². The van der Waals surface area contributed by atoms with E-state index in [4.69, 9.17) is 4.74 Å². The van der Waals surface area contributed by atoms with Gasteiger partial charge in [-0.05, 0) is 66.0 Å². The zero-order valence-electron chi connectivity index (χ0n) is 26.3. The third kappa shape index (κ3) is 15.3. The van der Waals surface area contributed by atoms with Crippen molar-refractivity contribution < 1.29 is 19.4 Å². The summed E-state index contributed by atoms with van der Waals surface area (Å²) in [6.07, 6.45) is 21.3. The lowest BCUT2D eigenvalue weighted by Gasteiger charge is -2.28. The fraction of sp³-hybridized carbons (Fsp3) is 0.714. The number of hydrogen-bond donors (Lipinski definition) is 1. The maximum atomic E-state index is 12.3. The Labute approximate surface area is 240 Å². The number of esters is 2. The van der Waals surface area contributed by atoms with Gasteiger partial charge in [0.1, 0.15) is 5.75 Å². The van der Waals surface area contributed by atoms with Gasteiger partial charge in [0.25, 0.3) is 0 Å². The first-order chi connectivity index (χ1) is 18.4. The summed E-state index contributed by atoms with van der Waals surface area (Å²) in [6.45, 7) is 14.7. The molecule has 0 aliphatic heterocycles. The molecule has 0 unspecified atom stereocenters. The number of phenolic OH excluding ortho intramolecular Hbond substituents is 1. The summed E-state index contributed by atoms with van der Waals surface area (Å²) in [4.78, 5) is 24.4. The van der Waals surface area contributed by atoms with Crippen molar-refractivity contribution in [2.75, 3.05) is 0 Å². The standard InChI is InChI=1S/C35H58O4/c1-8-9-10-11-12-13-14-15-16-17-18-19-20-21-22-23-31(36)39-32(37)25-24-28-26-29(34(2,3)4)33(38)30(27-28)35(5,6)7/h15-16,26-27,38H,8-14,17-25H2,1-7H3. The zero-order valence-corrected chi connectivity index (χ0v) is 26.3. The smallest absolute Gasteiger partial charge is 0.313 e. The number of unbranched alkanes of at least 4 members (excludes halogenated alkanes) is 11. The molecule has 0 aliphatic carbocycles. The van der Waals surface area contributed by atoms with Crippen LogP contribution in [-0.4, -0.2) is 17.0 Å². The summed E-state index contributed by atoms with van der Waals surface area (Å²) < 4.78 is 5.07. The van der Waals surface area contributed by atoms with E-state index in [0.29, 0.717) is 18.6 Å². The zero-order chi connectivity index (χ0) is 29.3. The molecule has 1 aromatic carbocycles. The molecule has 0 saturated heterocycles. The third-order valence-corrected chi connectivity index (χ3v) is 7.27. The van der Waals surface area contributed by atoms with Crippen LogP contribution >= 0.6 is 0 Å². The average Bonchev–Trinajstić information content (AvgIpc) is 2.84. The summed E-state index contributed by atoms with van der Waals surface area (Å²) in [6, 6.07) is 3.95. The van der Waals surface area contributed by atoms with Gasteiger partial charge in [-0.3, -0.25) is 9.59 Å². The van der Waals surface area contributed by atoms with Gasteiger partial charge in [-0.2, -0.15) is 0 Å². The van der Waals surface area contributed by atoms with Crippen LogP contribution in [0.3, 0.4) is 0 Å². The highest BCUT2D eigenvalue weighted by Gasteiger charge is 2.26. The van der Waals surface area contributed by atoms with Crippen molar-refractivity contribution in [3.05, 3.63) is 41.0 Å². The number of carbonyl (C=O) groups excluding carboxylic acids is 2. The van der Waals surface area contributed by atoms with Crippen molar-refractivity contribution in [1.29, 1.82) is 0 Å². The summed E-state index contributed by atoms with van der Waals surface area (Å²) in [5, 5.41) is 10.9. The Morgan fingerprint density at radius 2 is 1.13 bits per heavy atom. The molecule has 4 heteroatoms. The Bertz CT molecular complexity index is 848. The minimum absolute atomic E-state index is 0.149. The molecule has 0 amide bonds. The van der Waals surface area contributed by atoms with Gasteiger partial charge >= 0.3 is 11.9 Å². The SMILES string of the molecule is CCCCCCCCC=CCCCCCCCC(=O)OC(=O)CCc1cc(C(C)(C)C)c(O)c(C(C)(C)C)c1. The largest absolute Gasteiger partial charge is 0.507 e. The molecular weight excluding hydrogens is 484 g/mol. The van der Waals surface area contributed by atoms with Crippen LogP contribution in [0.4, 0.5) is 0 Å². The molecule has 0 radical (unpaired) electrons. The molecule has 39 heavy (non-hydrogen) atoms. The van der Waals surface area contributed by atoms with Crippen LogP contribution in [-0.2, 0) is 31.6 Å². The monoisotopic (exact) mass is 542 g/mol.